The number of piperazine rings is 1. The van der Waals surface area contributed by atoms with E-state index in [4.69, 9.17) is 4.74 Å². The van der Waals surface area contributed by atoms with Gasteiger partial charge < -0.3 is 14.7 Å². The second kappa shape index (κ2) is 7.57. The number of amides is 1. The van der Waals surface area contributed by atoms with Crippen molar-refractivity contribution in [3.05, 3.63) is 59.7 Å². The Morgan fingerprint density at radius 3 is 2.25 bits per heavy atom. The zero-order valence-corrected chi connectivity index (χ0v) is 16.6. The third-order valence-corrected chi connectivity index (χ3v) is 6.04. The Labute approximate surface area is 166 Å². The molecule has 0 aromatic heterocycles. The molecule has 2 aliphatic rings. The first-order valence-corrected chi connectivity index (χ1v) is 9.97. The summed E-state index contributed by atoms with van der Waals surface area (Å²) in [6.45, 7) is 7.29. The van der Waals surface area contributed by atoms with Gasteiger partial charge in [0.1, 0.15) is 6.61 Å². The third-order valence-electron chi connectivity index (χ3n) is 6.04. The van der Waals surface area contributed by atoms with Gasteiger partial charge in [0.15, 0.2) is 0 Å². The lowest BCUT2D eigenvalue weighted by Gasteiger charge is -2.46. The van der Waals surface area contributed by atoms with E-state index in [1.54, 1.807) is 4.90 Å². The van der Waals surface area contributed by atoms with E-state index in [0.29, 0.717) is 26.2 Å². The van der Waals surface area contributed by atoms with E-state index < -0.39 is 0 Å². The number of β-amino-alcohol motifs (C(OH)–C–C–N with tert-alkyl or cyclic N) is 1. The van der Waals surface area contributed by atoms with Gasteiger partial charge in [-0.3, -0.25) is 4.90 Å². The smallest absolute Gasteiger partial charge is 0.409 e. The van der Waals surface area contributed by atoms with Crippen LogP contribution in [0.1, 0.15) is 30.9 Å². The molecule has 1 saturated heterocycles. The molecule has 0 atom stereocenters. The van der Waals surface area contributed by atoms with Crippen molar-refractivity contribution in [2.45, 2.75) is 25.3 Å². The lowest BCUT2D eigenvalue weighted by atomic mass is 9.98. The van der Waals surface area contributed by atoms with Crippen molar-refractivity contribution in [1.29, 1.82) is 0 Å². The van der Waals surface area contributed by atoms with E-state index in [0.717, 1.165) is 6.54 Å². The van der Waals surface area contributed by atoms with Crippen LogP contribution in [0.5, 0.6) is 0 Å². The maximum absolute atomic E-state index is 12.8. The van der Waals surface area contributed by atoms with Gasteiger partial charge in [-0.25, -0.2) is 4.79 Å². The molecule has 2 aromatic carbocycles. The molecule has 1 aliphatic heterocycles. The molecule has 1 fully saturated rings. The summed E-state index contributed by atoms with van der Waals surface area (Å²) in [6, 6.07) is 16.7. The van der Waals surface area contributed by atoms with Crippen LogP contribution in [0.2, 0.25) is 0 Å². The average Bonchev–Trinajstić information content (AvgIpc) is 3.01. The maximum atomic E-state index is 12.8. The van der Waals surface area contributed by atoms with Crippen LogP contribution in [0.4, 0.5) is 4.79 Å². The number of ether oxygens (including phenoxy) is 1. The predicted molar refractivity (Wildman–Crippen MR) is 109 cm³/mol. The van der Waals surface area contributed by atoms with Crippen molar-refractivity contribution < 1.29 is 14.6 Å². The summed E-state index contributed by atoms with van der Waals surface area (Å²) in [5.74, 6) is 0.0834. The molecule has 0 unspecified atom stereocenters. The maximum Gasteiger partial charge on any atom is 0.409 e. The molecule has 1 heterocycles. The topological polar surface area (TPSA) is 53.0 Å². The summed E-state index contributed by atoms with van der Waals surface area (Å²) >= 11 is 0. The molecule has 28 heavy (non-hydrogen) atoms. The van der Waals surface area contributed by atoms with Gasteiger partial charge in [0, 0.05) is 37.6 Å². The Kier molecular flexibility index (Phi) is 5.13. The first-order chi connectivity index (χ1) is 13.5. The molecule has 148 valence electrons. The minimum absolute atomic E-state index is 0.0834. The number of benzene rings is 2. The molecule has 1 aliphatic carbocycles. The van der Waals surface area contributed by atoms with Crippen LogP contribution in [-0.4, -0.2) is 65.9 Å². The van der Waals surface area contributed by atoms with E-state index in [1.807, 2.05) is 12.1 Å². The van der Waals surface area contributed by atoms with Gasteiger partial charge in [-0.1, -0.05) is 48.5 Å². The first kappa shape index (κ1) is 19.0. The molecule has 0 radical (unpaired) electrons. The number of fused-ring (bicyclic) bond motifs is 3. The van der Waals surface area contributed by atoms with Gasteiger partial charge in [-0.05, 0) is 36.1 Å². The number of aliphatic hydroxyl groups excluding tert-OH is 1. The average molecular weight is 380 g/mol. The minimum Gasteiger partial charge on any atom is -0.448 e. The molecular weight excluding hydrogens is 352 g/mol. The van der Waals surface area contributed by atoms with Crippen molar-refractivity contribution in [3.8, 4) is 11.1 Å². The van der Waals surface area contributed by atoms with E-state index in [2.05, 4.69) is 55.1 Å². The van der Waals surface area contributed by atoms with Crippen LogP contribution in [0, 0.1) is 0 Å². The monoisotopic (exact) mass is 380 g/mol. The molecule has 0 bridgehead atoms. The highest BCUT2D eigenvalue weighted by atomic mass is 16.6. The van der Waals surface area contributed by atoms with E-state index in [9.17, 15) is 9.90 Å². The molecule has 2 aromatic rings. The number of hydrogen-bond donors (Lipinski definition) is 1. The standard InChI is InChI=1S/C23H28N2O3/c1-23(2)16-24(11-12-25(23)13-14-26)22(27)28-15-21-19-9-5-3-7-17(19)18-8-4-6-10-20(18)21/h3-10,21,26H,11-16H2,1-2H3. The van der Waals surface area contributed by atoms with Crippen LogP contribution in [0.3, 0.4) is 0 Å². The molecule has 4 rings (SSSR count). The lowest BCUT2D eigenvalue weighted by Crippen LogP contribution is -2.61. The van der Waals surface area contributed by atoms with Crippen molar-refractivity contribution in [1.82, 2.24) is 9.80 Å². The fourth-order valence-corrected chi connectivity index (χ4v) is 4.57. The van der Waals surface area contributed by atoms with Crippen LogP contribution in [0.25, 0.3) is 11.1 Å². The molecule has 0 spiro atoms. The zero-order chi connectivity index (χ0) is 19.7. The zero-order valence-electron chi connectivity index (χ0n) is 16.6. The van der Waals surface area contributed by atoms with Crippen molar-refractivity contribution >= 4 is 6.09 Å². The van der Waals surface area contributed by atoms with Gasteiger partial charge in [0.25, 0.3) is 0 Å². The number of carbonyl (C=O) groups excluding carboxylic acids is 1. The number of carbonyl (C=O) groups is 1. The summed E-state index contributed by atoms with van der Waals surface area (Å²) in [4.78, 5) is 16.8. The van der Waals surface area contributed by atoms with Crippen LogP contribution < -0.4 is 0 Å². The summed E-state index contributed by atoms with van der Waals surface area (Å²) < 4.78 is 5.79. The molecule has 5 nitrogen and oxygen atoms in total. The van der Waals surface area contributed by atoms with Gasteiger partial charge in [0.2, 0.25) is 0 Å². The molecular formula is C23H28N2O3. The van der Waals surface area contributed by atoms with Crippen LogP contribution >= 0.6 is 0 Å². The molecule has 1 amide bonds. The van der Waals surface area contributed by atoms with Crippen molar-refractivity contribution in [3.63, 3.8) is 0 Å². The fraction of sp³-hybridized carbons (Fsp3) is 0.435. The second-order valence-corrected chi connectivity index (χ2v) is 8.25. The number of rotatable bonds is 4. The highest BCUT2D eigenvalue weighted by Gasteiger charge is 2.36. The molecule has 5 heteroatoms. The summed E-state index contributed by atoms with van der Waals surface area (Å²) in [5, 5.41) is 9.24. The van der Waals surface area contributed by atoms with Crippen LogP contribution in [0.15, 0.2) is 48.5 Å². The summed E-state index contributed by atoms with van der Waals surface area (Å²) in [5.41, 5.74) is 4.75. The largest absolute Gasteiger partial charge is 0.448 e. The Morgan fingerprint density at radius 2 is 1.68 bits per heavy atom. The summed E-state index contributed by atoms with van der Waals surface area (Å²) in [6.07, 6.45) is -0.251. The Morgan fingerprint density at radius 1 is 1.07 bits per heavy atom. The van der Waals surface area contributed by atoms with Gasteiger partial charge in [-0.2, -0.15) is 0 Å². The first-order valence-electron chi connectivity index (χ1n) is 9.97. The SMILES string of the molecule is CC1(C)CN(C(=O)OCC2c3ccccc3-c3ccccc32)CCN1CCO. The van der Waals surface area contributed by atoms with Crippen LogP contribution in [-0.2, 0) is 4.74 Å². The third kappa shape index (κ3) is 3.40. The highest BCUT2D eigenvalue weighted by molar-refractivity contribution is 5.79. The highest BCUT2D eigenvalue weighted by Crippen LogP contribution is 2.44. The Hall–Kier alpha value is -2.37. The Bertz CT molecular complexity index is 819. The number of nitrogens with zero attached hydrogens (tertiary/aromatic N) is 2. The van der Waals surface area contributed by atoms with Gasteiger partial charge in [0.05, 0.1) is 6.61 Å². The predicted octanol–water partition coefficient (Wildman–Crippen LogP) is 3.32. The van der Waals surface area contributed by atoms with Gasteiger partial charge in [-0.15, -0.1) is 0 Å². The van der Waals surface area contributed by atoms with E-state index in [1.165, 1.54) is 22.3 Å². The van der Waals surface area contributed by atoms with E-state index >= 15 is 0 Å². The minimum atomic E-state index is -0.251. The quantitative estimate of drug-likeness (QED) is 0.884. The molecule has 1 N–H and O–H groups in total. The number of hydrogen-bond acceptors (Lipinski definition) is 4. The summed E-state index contributed by atoms with van der Waals surface area (Å²) in [7, 11) is 0. The Balaban J connectivity index is 1.45. The van der Waals surface area contributed by atoms with E-state index in [-0.39, 0.29) is 24.2 Å². The number of aliphatic hydroxyl groups is 1. The van der Waals surface area contributed by atoms with Gasteiger partial charge >= 0.3 is 6.09 Å². The molecule has 0 saturated carbocycles. The normalized spacial score (nSPS) is 18.6. The van der Waals surface area contributed by atoms with Crippen molar-refractivity contribution in [2.75, 3.05) is 39.4 Å². The second-order valence-electron chi connectivity index (χ2n) is 8.25. The van der Waals surface area contributed by atoms with Crippen molar-refractivity contribution in [2.24, 2.45) is 0 Å². The fourth-order valence-electron chi connectivity index (χ4n) is 4.57. The lowest BCUT2D eigenvalue weighted by molar-refractivity contribution is 0.00520.